The Labute approximate surface area is 117 Å². The minimum absolute atomic E-state index is 0.146. The fourth-order valence-electron chi connectivity index (χ4n) is 2.15. The van der Waals surface area contributed by atoms with Crippen molar-refractivity contribution in [3.63, 3.8) is 0 Å². The predicted octanol–water partition coefficient (Wildman–Crippen LogP) is 3.11. The zero-order valence-corrected chi connectivity index (χ0v) is 11.8. The van der Waals surface area contributed by atoms with Crippen molar-refractivity contribution in [1.82, 2.24) is 15.1 Å². The minimum Gasteiger partial charge on any atom is -0.313 e. The summed E-state index contributed by atoms with van der Waals surface area (Å²) >= 11 is 5.82. The number of rotatable bonds is 5. The van der Waals surface area contributed by atoms with Crippen LogP contribution in [0.4, 0.5) is 4.39 Å². The van der Waals surface area contributed by atoms with Gasteiger partial charge < -0.3 is 5.32 Å². The molecule has 1 heterocycles. The lowest BCUT2D eigenvalue weighted by atomic mass is 10.0. The van der Waals surface area contributed by atoms with Crippen LogP contribution in [0.3, 0.4) is 0 Å². The van der Waals surface area contributed by atoms with E-state index in [0.717, 1.165) is 18.4 Å². The Morgan fingerprint density at radius 3 is 2.79 bits per heavy atom. The van der Waals surface area contributed by atoms with Crippen molar-refractivity contribution < 1.29 is 4.39 Å². The standard InChI is InChI=1S/C14H17ClFN3/c1-17-14(6-4-11-7-8-18-19(11)2)10-3-5-13(16)12(15)9-10/h3,5,7-9,14,17H,4,6H2,1-2H3. The molecule has 0 radical (unpaired) electrons. The highest BCUT2D eigenvalue weighted by Gasteiger charge is 2.12. The molecule has 0 saturated heterocycles. The van der Waals surface area contributed by atoms with Gasteiger partial charge in [0.1, 0.15) is 5.82 Å². The molecule has 1 N–H and O–H groups in total. The van der Waals surface area contributed by atoms with Crippen molar-refractivity contribution in [2.45, 2.75) is 18.9 Å². The van der Waals surface area contributed by atoms with Gasteiger partial charge in [-0.25, -0.2) is 4.39 Å². The summed E-state index contributed by atoms with van der Waals surface area (Å²) in [4.78, 5) is 0. The maximum atomic E-state index is 13.2. The average molecular weight is 282 g/mol. The van der Waals surface area contributed by atoms with Gasteiger partial charge >= 0.3 is 0 Å². The van der Waals surface area contributed by atoms with Gasteiger partial charge in [0.15, 0.2) is 0 Å². The van der Waals surface area contributed by atoms with Crippen LogP contribution in [0.1, 0.15) is 23.7 Å². The van der Waals surface area contributed by atoms with E-state index in [4.69, 9.17) is 11.6 Å². The van der Waals surface area contributed by atoms with Crippen LogP contribution >= 0.6 is 11.6 Å². The third-order valence-electron chi connectivity index (χ3n) is 3.31. The van der Waals surface area contributed by atoms with Crippen molar-refractivity contribution in [3.8, 4) is 0 Å². The average Bonchev–Trinajstić information content (AvgIpc) is 2.80. The number of nitrogens with one attached hydrogen (secondary N) is 1. The second-order valence-electron chi connectivity index (χ2n) is 4.50. The number of aryl methyl sites for hydroxylation is 2. The molecule has 1 unspecified atom stereocenters. The van der Waals surface area contributed by atoms with Crippen molar-refractivity contribution in [2.75, 3.05) is 7.05 Å². The largest absolute Gasteiger partial charge is 0.313 e. The third-order valence-corrected chi connectivity index (χ3v) is 3.60. The molecule has 0 amide bonds. The van der Waals surface area contributed by atoms with E-state index in [0.29, 0.717) is 0 Å². The van der Waals surface area contributed by atoms with Gasteiger partial charge in [0, 0.05) is 25.0 Å². The second kappa shape index (κ2) is 6.17. The lowest BCUT2D eigenvalue weighted by Gasteiger charge is -2.17. The van der Waals surface area contributed by atoms with Gasteiger partial charge in [0.05, 0.1) is 5.02 Å². The number of hydrogen-bond acceptors (Lipinski definition) is 2. The monoisotopic (exact) mass is 281 g/mol. The Bertz CT molecular complexity index is 553. The first-order chi connectivity index (χ1) is 9.11. The first kappa shape index (κ1) is 14.0. The first-order valence-corrected chi connectivity index (χ1v) is 6.58. The van der Waals surface area contributed by atoms with Crippen LogP contribution in [0.2, 0.25) is 5.02 Å². The van der Waals surface area contributed by atoms with Crippen LogP contribution < -0.4 is 5.32 Å². The van der Waals surface area contributed by atoms with Crippen molar-refractivity contribution in [3.05, 3.63) is 52.6 Å². The molecule has 1 atom stereocenters. The molecule has 2 aromatic rings. The van der Waals surface area contributed by atoms with Crippen LogP contribution in [0.15, 0.2) is 30.5 Å². The summed E-state index contributed by atoms with van der Waals surface area (Å²) < 4.78 is 15.0. The van der Waals surface area contributed by atoms with Crippen molar-refractivity contribution in [2.24, 2.45) is 7.05 Å². The minimum atomic E-state index is -0.382. The second-order valence-corrected chi connectivity index (χ2v) is 4.91. The molecule has 0 spiro atoms. The summed E-state index contributed by atoms with van der Waals surface area (Å²) in [5.74, 6) is -0.382. The smallest absolute Gasteiger partial charge is 0.141 e. The summed E-state index contributed by atoms with van der Waals surface area (Å²) in [7, 11) is 3.82. The Morgan fingerprint density at radius 2 is 2.21 bits per heavy atom. The highest BCUT2D eigenvalue weighted by atomic mass is 35.5. The van der Waals surface area contributed by atoms with Crippen molar-refractivity contribution in [1.29, 1.82) is 0 Å². The molecular weight excluding hydrogens is 265 g/mol. The fraction of sp³-hybridized carbons (Fsp3) is 0.357. The van der Waals surface area contributed by atoms with Crippen LogP contribution in [0, 0.1) is 5.82 Å². The quantitative estimate of drug-likeness (QED) is 0.913. The van der Waals surface area contributed by atoms with E-state index in [-0.39, 0.29) is 16.9 Å². The number of benzene rings is 1. The van der Waals surface area contributed by atoms with Gasteiger partial charge in [-0.05, 0) is 43.7 Å². The van der Waals surface area contributed by atoms with Gasteiger partial charge in [-0.3, -0.25) is 4.68 Å². The molecular formula is C14H17ClFN3. The molecule has 1 aromatic heterocycles. The number of aromatic nitrogens is 2. The number of nitrogens with zero attached hydrogens (tertiary/aromatic N) is 2. The Balaban J connectivity index is 2.07. The van der Waals surface area contributed by atoms with E-state index in [1.54, 1.807) is 18.3 Å². The van der Waals surface area contributed by atoms with E-state index < -0.39 is 0 Å². The summed E-state index contributed by atoms with van der Waals surface area (Å²) in [5, 5.41) is 7.55. The van der Waals surface area contributed by atoms with Gasteiger partial charge in [-0.15, -0.1) is 0 Å². The fourth-order valence-corrected chi connectivity index (χ4v) is 2.33. The van der Waals surface area contributed by atoms with Gasteiger partial charge in [-0.2, -0.15) is 5.10 Å². The Kier molecular flexibility index (Phi) is 4.56. The molecule has 0 aliphatic heterocycles. The zero-order chi connectivity index (χ0) is 13.8. The molecule has 2 rings (SSSR count). The maximum absolute atomic E-state index is 13.2. The summed E-state index contributed by atoms with van der Waals surface area (Å²) in [6, 6.07) is 7.01. The third kappa shape index (κ3) is 3.33. The molecule has 0 aliphatic rings. The molecule has 0 saturated carbocycles. The van der Waals surface area contributed by atoms with Gasteiger partial charge in [0.25, 0.3) is 0 Å². The Hall–Kier alpha value is -1.39. The summed E-state index contributed by atoms with van der Waals surface area (Å²) in [6.07, 6.45) is 3.59. The van der Waals surface area contributed by atoms with E-state index in [2.05, 4.69) is 10.4 Å². The molecule has 3 nitrogen and oxygen atoms in total. The topological polar surface area (TPSA) is 29.9 Å². The SMILES string of the molecule is CNC(CCc1ccnn1C)c1ccc(F)c(Cl)c1. The van der Waals surface area contributed by atoms with Crippen LogP contribution in [-0.4, -0.2) is 16.8 Å². The van der Waals surface area contributed by atoms with E-state index >= 15 is 0 Å². The number of hydrogen-bond donors (Lipinski definition) is 1. The highest BCUT2D eigenvalue weighted by Crippen LogP contribution is 2.23. The lowest BCUT2D eigenvalue weighted by Crippen LogP contribution is -2.17. The lowest BCUT2D eigenvalue weighted by molar-refractivity contribution is 0.534. The summed E-state index contributed by atoms with van der Waals surface area (Å²) in [6.45, 7) is 0. The van der Waals surface area contributed by atoms with E-state index in [9.17, 15) is 4.39 Å². The molecule has 0 fully saturated rings. The van der Waals surface area contributed by atoms with Crippen LogP contribution in [-0.2, 0) is 13.5 Å². The molecule has 19 heavy (non-hydrogen) atoms. The molecule has 5 heteroatoms. The molecule has 0 bridgehead atoms. The zero-order valence-electron chi connectivity index (χ0n) is 11.0. The Morgan fingerprint density at radius 1 is 1.42 bits per heavy atom. The van der Waals surface area contributed by atoms with Crippen molar-refractivity contribution >= 4 is 11.6 Å². The number of halogens is 2. The highest BCUT2D eigenvalue weighted by molar-refractivity contribution is 6.30. The predicted molar refractivity (Wildman–Crippen MR) is 74.7 cm³/mol. The molecule has 1 aromatic carbocycles. The first-order valence-electron chi connectivity index (χ1n) is 6.21. The van der Waals surface area contributed by atoms with Crippen LogP contribution in [0.5, 0.6) is 0 Å². The van der Waals surface area contributed by atoms with E-state index in [1.165, 1.54) is 11.8 Å². The normalized spacial score (nSPS) is 12.6. The molecule has 0 aliphatic carbocycles. The summed E-state index contributed by atoms with van der Waals surface area (Å²) in [5.41, 5.74) is 2.17. The maximum Gasteiger partial charge on any atom is 0.141 e. The van der Waals surface area contributed by atoms with E-state index in [1.807, 2.05) is 24.8 Å². The van der Waals surface area contributed by atoms with Gasteiger partial charge in [0.2, 0.25) is 0 Å². The van der Waals surface area contributed by atoms with Crippen LogP contribution in [0.25, 0.3) is 0 Å². The van der Waals surface area contributed by atoms with Gasteiger partial charge in [-0.1, -0.05) is 17.7 Å². The molecule has 102 valence electrons.